The van der Waals surface area contributed by atoms with Crippen molar-refractivity contribution >= 4 is 5.97 Å². The Morgan fingerprint density at radius 3 is 2.30 bits per heavy atom. The third-order valence-corrected chi connectivity index (χ3v) is 4.36. The van der Waals surface area contributed by atoms with Crippen molar-refractivity contribution in [3.63, 3.8) is 0 Å². The van der Waals surface area contributed by atoms with Crippen molar-refractivity contribution in [1.29, 1.82) is 0 Å². The second-order valence-corrected chi connectivity index (χ2v) is 7.25. The van der Waals surface area contributed by atoms with Crippen LogP contribution in [0, 0.1) is 5.92 Å². The van der Waals surface area contributed by atoms with E-state index in [1.54, 1.807) is 0 Å². The summed E-state index contributed by atoms with van der Waals surface area (Å²) in [5, 5.41) is 3.41. The highest BCUT2D eigenvalue weighted by Gasteiger charge is 2.28. The van der Waals surface area contributed by atoms with Crippen LogP contribution in [0.3, 0.4) is 0 Å². The highest BCUT2D eigenvalue weighted by Crippen LogP contribution is 2.30. The zero-order valence-electron chi connectivity index (χ0n) is 13.3. The van der Waals surface area contributed by atoms with Crippen molar-refractivity contribution < 1.29 is 9.53 Å². The van der Waals surface area contributed by atoms with Gasteiger partial charge in [-0.05, 0) is 52.4 Å². The maximum absolute atomic E-state index is 11.9. The highest BCUT2D eigenvalue weighted by molar-refractivity contribution is 5.70. The molecule has 1 aliphatic heterocycles. The van der Waals surface area contributed by atoms with E-state index >= 15 is 0 Å². The SMILES string of the molecule is CC(C)(C)OC(=O)C[C@H]1CC[C@H](N2CCNCC2)CC1. The lowest BCUT2D eigenvalue weighted by atomic mass is 9.83. The molecule has 0 aromatic carbocycles. The Labute approximate surface area is 123 Å². The first-order valence-corrected chi connectivity index (χ1v) is 8.10. The van der Waals surface area contributed by atoms with Gasteiger partial charge in [-0.25, -0.2) is 0 Å². The van der Waals surface area contributed by atoms with E-state index in [1.807, 2.05) is 20.8 Å². The Morgan fingerprint density at radius 2 is 1.75 bits per heavy atom. The van der Waals surface area contributed by atoms with Crippen LogP contribution in [0.2, 0.25) is 0 Å². The van der Waals surface area contributed by atoms with Crippen molar-refractivity contribution in [3.05, 3.63) is 0 Å². The lowest BCUT2D eigenvalue weighted by Crippen LogP contribution is -2.49. The number of nitrogens with one attached hydrogen (secondary N) is 1. The second-order valence-electron chi connectivity index (χ2n) is 7.25. The lowest BCUT2D eigenvalue weighted by molar-refractivity contribution is -0.156. The molecule has 0 spiro atoms. The molecule has 2 fully saturated rings. The minimum atomic E-state index is -0.352. The summed E-state index contributed by atoms with van der Waals surface area (Å²) < 4.78 is 5.43. The molecule has 20 heavy (non-hydrogen) atoms. The molecule has 0 bridgehead atoms. The van der Waals surface area contributed by atoms with Crippen LogP contribution in [-0.4, -0.2) is 48.7 Å². The summed E-state index contributed by atoms with van der Waals surface area (Å²) in [6, 6.07) is 0.743. The molecule has 1 N–H and O–H groups in total. The zero-order valence-corrected chi connectivity index (χ0v) is 13.3. The standard InChI is InChI=1S/C16H30N2O2/c1-16(2,3)20-15(19)12-13-4-6-14(7-5-13)18-10-8-17-9-11-18/h13-14,17H,4-12H2,1-3H3/t13-,14-. The second kappa shape index (κ2) is 6.90. The summed E-state index contributed by atoms with van der Waals surface area (Å²) in [7, 11) is 0. The number of carbonyl (C=O) groups excluding carboxylic acids is 1. The molecule has 0 unspecified atom stereocenters. The van der Waals surface area contributed by atoms with Crippen molar-refractivity contribution in [2.45, 2.75) is 64.5 Å². The third kappa shape index (κ3) is 5.06. The van der Waals surface area contributed by atoms with Gasteiger partial charge in [0.05, 0.1) is 0 Å². The Balaban J connectivity index is 1.70. The van der Waals surface area contributed by atoms with E-state index in [0.717, 1.165) is 19.1 Å². The fourth-order valence-corrected chi connectivity index (χ4v) is 3.38. The molecule has 1 heterocycles. The molecular formula is C16H30N2O2. The van der Waals surface area contributed by atoms with Crippen LogP contribution in [0.15, 0.2) is 0 Å². The molecule has 0 aromatic heterocycles. The number of ether oxygens (including phenoxy) is 1. The van der Waals surface area contributed by atoms with Gasteiger partial charge in [0.2, 0.25) is 0 Å². The molecule has 1 aliphatic carbocycles. The van der Waals surface area contributed by atoms with Crippen molar-refractivity contribution in [2.24, 2.45) is 5.92 Å². The van der Waals surface area contributed by atoms with Gasteiger partial charge in [0.15, 0.2) is 0 Å². The average molecular weight is 282 g/mol. The van der Waals surface area contributed by atoms with Gasteiger partial charge in [-0.1, -0.05) is 0 Å². The summed E-state index contributed by atoms with van der Waals surface area (Å²) in [6.07, 6.45) is 5.44. The Morgan fingerprint density at radius 1 is 1.15 bits per heavy atom. The molecule has 0 aromatic rings. The summed E-state index contributed by atoms with van der Waals surface area (Å²) >= 11 is 0. The Bertz CT molecular complexity index is 311. The molecule has 116 valence electrons. The zero-order chi connectivity index (χ0) is 14.6. The molecular weight excluding hydrogens is 252 g/mol. The minimum Gasteiger partial charge on any atom is -0.460 e. The van der Waals surface area contributed by atoms with E-state index in [4.69, 9.17) is 4.74 Å². The molecule has 4 nitrogen and oxygen atoms in total. The number of piperazine rings is 1. The first-order chi connectivity index (χ1) is 9.44. The summed E-state index contributed by atoms with van der Waals surface area (Å²) in [4.78, 5) is 14.5. The number of nitrogens with zero attached hydrogens (tertiary/aromatic N) is 1. The summed E-state index contributed by atoms with van der Waals surface area (Å²) in [5.41, 5.74) is -0.352. The van der Waals surface area contributed by atoms with Gasteiger partial charge in [0, 0.05) is 38.6 Å². The maximum atomic E-state index is 11.9. The van der Waals surface area contributed by atoms with Crippen LogP contribution in [0.1, 0.15) is 52.9 Å². The normalized spacial score (nSPS) is 29.1. The van der Waals surface area contributed by atoms with Crippen LogP contribution in [0.5, 0.6) is 0 Å². The quantitative estimate of drug-likeness (QED) is 0.806. The number of carbonyl (C=O) groups is 1. The van der Waals surface area contributed by atoms with Gasteiger partial charge in [-0.2, -0.15) is 0 Å². The third-order valence-electron chi connectivity index (χ3n) is 4.36. The number of hydrogen-bond acceptors (Lipinski definition) is 4. The first-order valence-electron chi connectivity index (χ1n) is 8.10. The van der Waals surface area contributed by atoms with Gasteiger partial charge >= 0.3 is 5.97 Å². The molecule has 0 atom stereocenters. The highest BCUT2D eigenvalue weighted by atomic mass is 16.6. The minimum absolute atomic E-state index is 0.0249. The molecule has 2 aliphatic rings. The smallest absolute Gasteiger partial charge is 0.306 e. The van der Waals surface area contributed by atoms with Crippen molar-refractivity contribution in [2.75, 3.05) is 26.2 Å². The van der Waals surface area contributed by atoms with Gasteiger partial charge in [0.25, 0.3) is 0 Å². The summed E-state index contributed by atoms with van der Waals surface area (Å²) in [6.45, 7) is 10.4. The Kier molecular flexibility index (Phi) is 5.44. The predicted octanol–water partition coefficient (Wildman–Crippen LogP) is 2.18. The van der Waals surface area contributed by atoms with Crippen LogP contribution in [0.4, 0.5) is 0 Å². The topological polar surface area (TPSA) is 41.6 Å². The molecule has 0 amide bonds. The first kappa shape index (κ1) is 15.8. The summed E-state index contributed by atoms with van der Waals surface area (Å²) in [5.74, 6) is 0.507. The largest absolute Gasteiger partial charge is 0.460 e. The van der Waals surface area contributed by atoms with E-state index in [-0.39, 0.29) is 11.6 Å². The molecule has 2 rings (SSSR count). The van der Waals surface area contributed by atoms with E-state index in [0.29, 0.717) is 12.3 Å². The van der Waals surface area contributed by atoms with Gasteiger partial charge in [-0.3, -0.25) is 9.69 Å². The van der Waals surface area contributed by atoms with Crippen LogP contribution in [0.25, 0.3) is 0 Å². The number of rotatable bonds is 3. The molecule has 0 radical (unpaired) electrons. The van der Waals surface area contributed by atoms with Crippen molar-refractivity contribution in [1.82, 2.24) is 10.2 Å². The van der Waals surface area contributed by atoms with Gasteiger partial charge in [-0.15, -0.1) is 0 Å². The van der Waals surface area contributed by atoms with E-state index in [1.165, 1.54) is 38.8 Å². The maximum Gasteiger partial charge on any atom is 0.306 e. The fraction of sp³-hybridized carbons (Fsp3) is 0.938. The van der Waals surface area contributed by atoms with Crippen LogP contribution >= 0.6 is 0 Å². The van der Waals surface area contributed by atoms with Gasteiger partial charge < -0.3 is 10.1 Å². The number of esters is 1. The van der Waals surface area contributed by atoms with E-state index in [2.05, 4.69) is 10.2 Å². The fourth-order valence-electron chi connectivity index (χ4n) is 3.38. The molecule has 1 saturated heterocycles. The van der Waals surface area contributed by atoms with Crippen LogP contribution < -0.4 is 5.32 Å². The lowest BCUT2D eigenvalue weighted by Gasteiger charge is -2.39. The average Bonchev–Trinajstić information content (AvgIpc) is 2.38. The Hall–Kier alpha value is -0.610. The van der Waals surface area contributed by atoms with Crippen LogP contribution in [-0.2, 0) is 9.53 Å². The van der Waals surface area contributed by atoms with Gasteiger partial charge in [0.1, 0.15) is 5.60 Å². The molecule has 1 saturated carbocycles. The monoisotopic (exact) mass is 282 g/mol. The van der Waals surface area contributed by atoms with E-state index in [9.17, 15) is 4.79 Å². The van der Waals surface area contributed by atoms with Crippen molar-refractivity contribution in [3.8, 4) is 0 Å². The van der Waals surface area contributed by atoms with E-state index < -0.39 is 0 Å². The number of hydrogen-bond donors (Lipinski definition) is 1. The molecule has 4 heteroatoms. The predicted molar refractivity (Wildman–Crippen MR) is 80.7 cm³/mol.